The van der Waals surface area contributed by atoms with Crippen LogP contribution in [0.15, 0.2) is 70.0 Å². The molecule has 1 N–H and O–H groups in total. The summed E-state index contributed by atoms with van der Waals surface area (Å²) >= 11 is 1.85. The van der Waals surface area contributed by atoms with E-state index in [9.17, 15) is 14.7 Å². The minimum absolute atomic E-state index is 0.0507. The first kappa shape index (κ1) is 20.4. The van der Waals surface area contributed by atoms with Crippen molar-refractivity contribution in [3.63, 3.8) is 0 Å². The molecule has 7 rings (SSSR count). The third-order valence-corrected chi connectivity index (χ3v) is 9.79. The number of carbonyl (C=O) groups is 1. The highest BCUT2D eigenvalue weighted by molar-refractivity contribution is 7.99. The van der Waals surface area contributed by atoms with Crippen LogP contribution in [0.3, 0.4) is 0 Å². The molecule has 2 saturated carbocycles. The van der Waals surface area contributed by atoms with Gasteiger partial charge in [0.2, 0.25) is 5.43 Å². The zero-order chi connectivity index (χ0) is 23.0. The molecule has 1 unspecified atom stereocenters. The second-order valence-electron chi connectivity index (χ2n) is 10.4. The zero-order valence-electron chi connectivity index (χ0n) is 18.9. The van der Waals surface area contributed by atoms with Gasteiger partial charge in [0, 0.05) is 34.9 Å². The molecule has 2 aliphatic heterocycles. The minimum Gasteiger partial charge on any atom is -0.502 e. The lowest BCUT2D eigenvalue weighted by Crippen LogP contribution is -2.63. The van der Waals surface area contributed by atoms with E-state index in [1.54, 1.807) is 10.9 Å². The maximum atomic E-state index is 13.7. The van der Waals surface area contributed by atoms with Crippen molar-refractivity contribution in [2.45, 2.75) is 49.1 Å². The Morgan fingerprint density at radius 1 is 1.09 bits per heavy atom. The Balaban J connectivity index is 1.37. The number of hydrogen-bond acceptors (Lipinski definition) is 5. The number of rotatable bonds is 2. The van der Waals surface area contributed by atoms with Gasteiger partial charge >= 0.3 is 0 Å². The molecule has 0 saturated heterocycles. The molecule has 3 aliphatic carbocycles. The van der Waals surface area contributed by atoms with Gasteiger partial charge in [-0.2, -0.15) is 0 Å². The highest BCUT2D eigenvalue weighted by Gasteiger charge is 2.53. The third-order valence-electron chi connectivity index (χ3n) is 8.63. The van der Waals surface area contributed by atoms with Crippen molar-refractivity contribution in [2.75, 3.05) is 17.4 Å². The smallest absolute Gasteiger partial charge is 0.278 e. The molecule has 1 spiro atoms. The van der Waals surface area contributed by atoms with E-state index >= 15 is 0 Å². The van der Waals surface area contributed by atoms with Crippen LogP contribution in [0.2, 0.25) is 0 Å². The zero-order valence-corrected chi connectivity index (χ0v) is 19.7. The number of pyridine rings is 1. The van der Waals surface area contributed by atoms with Gasteiger partial charge in [-0.25, -0.2) is 0 Å². The summed E-state index contributed by atoms with van der Waals surface area (Å²) in [5.41, 5.74) is 2.58. The molecule has 1 aromatic carbocycles. The van der Waals surface area contributed by atoms with Crippen LogP contribution in [0.4, 0.5) is 0 Å². The van der Waals surface area contributed by atoms with Crippen molar-refractivity contribution in [3.05, 3.63) is 81.8 Å². The molecule has 2 aromatic rings. The molecule has 34 heavy (non-hydrogen) atoms. The van der Waals surface area contributed by atoms with Gasteiger partial charge < -0.3 is 10.0 Å². The third kappa shape index (κ3) is 2.82. The van der Waals surface area contributed by atoms with Gasteiger partial charge in [0.15, 0.2) is 11.4 Å². The van der Waals surface area contributed by atoms with Crippen LogP contribution in [0.25, 0.3) is 0 Å². The van der Waals surface area contributed by atoms with Crippen molar-refractivity contribution in [1.82, 2.24) is 9.58 Å². The summed E-state index contributed by atoms with van der Waals surface area (Å²) in [5, 5.41) is 13.0. The maximum absolute atomic E-state index is 13.7. The molecule has 2 fully saturated rings. The number of aromatic hydroxyl groups is 1. The summed E-state index contributed by atoms with van der Waals surface area (Å²) in [5.74, 6) is 0.406. The first-order valence-electron chi connectivity index (χ1n) is 12.2. The summed E-state index contributed by atoms with van der Waals surface area (Å²) in [6.07, 6.45) is 14.1. The predicted octanol–water partition coefficient (Wildman–Crippen LogP) is 4.20. The number of carbonyl (C=O) groups excluding carboxylic acids is 1. The van der Waals surface area contributed by atoms with E-state index in [-0.39, 0.29) is 29.6 Å². The quantitative estimate of drug-likeness (QED) is 0.708. The fraction of sp³-hybridized carbons (Fsp3) is 0.407. The van der Waals surface area contributed by atoms with Gasteiger partial charge in [-0.1, -0.05) is 48.4 Å². The summed E-state index contributed by atoms with van der Waals surface area (Å²) in [7, 11) is 0. The van der Waals surface area contributed by atoms with Crippen molar-refractivity contribution < 1.29 is 9.90 Å². The van der Waals surface area contributed by atoms with Crippen LogP contribution in [0.5, 0.6) is 5.75 Å². The Bertz CT molecular complexity index is 1320. The average molecular weight is 474 g/mol. The van der Waals surface area contributed by atoms with E-state index in [0.717, 1.165) is 18.6 Å². The van der Waals surface area contributed by atoms with Crippen LogP contribution in [0, 0.1) is 11.3 Å². The molecule has 0 bridgehead atoms. The second kappa shape index (κ2) is 7.28. The van der Waals surface area contributed by atoms with E-state index in [0.29, 0.717) is 12.1 Å². The Morgan fingerprint density at radius 3 is 2.71 bits per heavy atom. The molecule has 3 heterocycles. The van der Waals surface area contributed by atoms with Gasteiger partial charge in [0.25, 0.3) is 5.91 Å². The highest BCUT2D eigenvalue weighted by Crippen LogP contribution is 2.57. The standard InChI is InChI=1S/C27H27N3O3S/c31-21-9-12-29-24(25(21)32)26(33)28(18-13-27(14-18)10-4-11-27)16-30(29)23-19-7-3-5-17(19)15-34-22-8-2-1-6-20(22)23/h1-3,5-9,12,18-19,23,32H,4,10-11,13-16H2/t19?,23-/m0/s1. The number of thioether (sulfide) groups is 1. The van der Waals surface area contributed by atoms with Crippen molar-refractivity contribution in [1.29, 1.82) is 0 Å². The molecule has 0 radical (unpaired) electrons. The number of aromatic nitrogens is 1. The van der Waals surface area contributed by atoms with Gasteiger partial charge in [0.1, 0.15) is 6.67 Å². The van der Waals surface area contributed by atoms with Gasteiger partial charge in [0.05, 0.1) is 6.04 Å². The van der Waals surface area contributed by atoms with Crippen LogP contribution < -0.4 is 10.4 Å². The lowest BCUT2D eigenvalue weighted by molar-refractivity contribution is -0.0503. The van der Waals surface area contributed by atoms with Crippen LogP contribution in [-0.2, 0) is 0 Å². The largest absolute Gasteiger partial charge is 0.502 e. The van der Waals surface area contributed by atoms with Gasteiger partial charge in [-0.05, 0) is 42.7 Å². The van der Waals surface area contributed by atoms with Crippen LogP contribution >= 0.6 is 11.8 Å². The lowest BCUT2D eigenvalue weighted by Gasteiger charge is -2.58. The van der Waals surface area contributed by atoms with Crippen molar-refractivity contribution in [2.24, 2.45) is 11.3 Å². The SMILES string of the molecule is O=C1c2c(O)c(=O)ccn2N([C@@H]2c3ccccc3SCC3=CC=CC32)CN1C1CC2(CCC2)C1. The van der Waals surface area contributed by atoms with E-state index in [1.807, 2.05) is 16.7 Å². The molecular formula is C27H27N3O3S. The maximum Gasteiger partial charge on any atom is 0.278 e. The fourth-order valence-electron chi connectivity index (χ4n) is 6.65. The molecule has 7 heteroatoms. The molecule has 174 valence electrons. The van der Waals surface area contributed by atoms with Crippen molar-refractivity contribution in [3.8, 4) is 5.75 Å². The first-order chi connectivity index (χ1) is 16.5. The number of hydrogen-bond donors (Lipinski definition) is 1. The monoisotopic (exact) mass is 473 g/mol. The normalized spacial score (nSPS) is 26.8. The Labute approximate surface area is 202 Å². The number of amides is 1. The summed E-state index contributed by atoms with van der Waals surface area (Å²) in [4.78, 5) is 29.2. The van der Waals surface area contributed by atoms with E-state index in [4.69, 9.17) is 0 Å². The average Bonchev–Trinajstić information content (AvgIpc) is 3.18. The molecule has 2 atom stereocenters. The predicted molar refractivity (Wildman–Crippen MR) is 132 cm³/mol. The number of benzene rings is 1. The summed E-state index contributed by atoms with van der Waals surface area (Å²) in [6.45, 7) is 0.441. The first-order valence-corrected chi connectivity index (χ1v) is 13.1. The van der Waals surface area contributed by atoms with E-state index in [1.165, 1.54) is 41.4 Å². The van der Waals surface area contributed by atoms with Gasteiger partial charge in [-0.3, -0.25) is 19.3 Å². The second-order valence-corrected chi connectivity index (χ2v) is 11.4. The number of allylic oxidation sites excluding steroid dienone is 2. The Hall–Kier alpha value is -2.93. The molecule has 6 nitrogen and oxygen atoms in total. The van der Waals surface area contributed by atoms with E-state index < -0.39 is 11.2 Å². The molecule has 5 aliphatic rings. The molecule has 1 amide bonds. The Kier molecular flexibility index (Phi) is 4.38. The molecule has 1 aromatic heterocycles. The topological polar surface area (TPSA) is 65.8 Å². The van der Waals surface area contributed by atoms with E-state index in [2.05, 4.69) is 47.5 Å². The lowest BCUT2D eigenvalue weighted by atomic mass is 9.54. The minimum atomic E-state index is -0.511. The Morgan fingerprint density at radius 2 is 1.91 bits per heavy atom. The number of nitrogens with zero attached hydrogens (tertiary/aromatic N) is 3. The summed E-state index contributed by atoms with van der Waals surface area (Å²) < 4.78 is 1.74. The summed E-state index contributed by atoms with van der Waals surface area (Å²) in [6, 6.07) is 9.96. The molecular weight excluding hydrogens is 446 g/mol. The fourth-order valence-corrected chi connectivity index (χ4v) is 7.79. The van der Waals surface area contributed by atoms with Crippen LogP contribution in [0.1, 0.15) is 54.2 Å². The van der Waals surface area contributed by atoms with Gasteiger partial charge in [-0.15, -0.1) is 11.8 Å². The van der Waals surface area contributed by atoms with Crippen molar-refractivity contribution >= 4 is 17.7 Å². The highest BCUT2D eigenvalue weighted by atomic mass is 32.2. The van der Waals surface area contributed by atoms with Crippen LogP contribution in [-0.4, -0.2) is 39.1 Å². The number of fused-ring (bicyclic) bond motifs is 3.